The highest BCUT2D eigenvalue weighted by molar-refractivity contribution is 7.87. The predicted octanol–water partition coefficient (Wildman–Crippen LogP) is 12.2. The van der Waals surface area contributed by atoms with Crippen LogP contribution in [0.4, 0.5) is 5.69 Å². The number of aryl methyl sites for hydroxylation is 3. The number of hydrogen-bond donors (Lipinski definition) is 1. The highest BCUT2D eigenvalue weighted by atomic mass is 32.2. The van der Waals surface area contributed by atoms with E-state index < -0.39 is 30.4 Å². The average Bonchev–Trinajstić information content (AvgIpc) is 3.44. The molecule has 13 nitrogen and oxygen atoms in total. The van der Waals surface area contributed by atoms with Crippen LogP contribution < -0.4 is 17.9 Å². The Bertz CT molecular complexity index is 3880. The van der Waals surface area contributed by atoms with Gasteiger partial charge in [-0.3, -0.25) is 14.4 Å². The Hall–Kier alpha value is -8.96. The van der Waals surface area contributed by atoms with E-state index in [2.05, 4.69) is 5.32 Å². The van der Waals surface area contributed by atoms with Crippen molar-refractivity contribution in [3.63, 3.8) is 0 Å². The van der Waals surface area contributed by atoms with E-state index in [0.717, 1.165) is 38.9 Å². The normalized spacial score (nSPS) is 11.1. The Kier molecular flexibility index (Phi) is 20.8. The molecule has 1 N–H and O–H groups in total. The quantitative estimate of drug-likeness (QED) is 0.0711. The van der Waals surface area contributed by atoms with Crippen LogP contribution in [-0.4, -0.2) is 42.7 Å². The molecular weight excluding hydrogens is 1080 g/mol. The van der Waals surface area contributed by atoms with Gasteiger partial charge in [-0.1, -0.05) is 180 Å². The third-order valence-corrected chi connectivity index (χ3v) is 15.8. The minimum absolute atomic E-state index is 0.00927. The average molecular weight is 1140 g/mol. The van der Waals surface area contributed by atoms with Crippen molar-refractivity contribution in [3.05, 3.63) is 281 Å². The van der Waals surface area contributed by atoms with Crippen molar-refractivity contribution in [1.82, 2.24) is 0 Å². The number of anilines is 1. The van der Waals surface area contributed by atoms with E-state index >= 15 is 0 Å². The second-order valence-electron chi connectivity index (χ2n) is 18.8. The minimum Gasteiger partial charge on any atom is -0.379 e. The lowest BCUT2D eigenvalue weighted by Crippen LogP contribution is -2.14. The summed E-state index contributed by atoms with van der Waals surface area (Å²) < 4.78 is 90.1. The number of benzene rings is 9. The van der Waals surface area contributed by atoms with Gasteiger partial charge in [-0.15, -0.1) is 0 Å². The molecule has 81 heavy (non-hydrogen) atoms. The van der Waals surface area contributed by atoms with Crippen molar-refractivity contribution < 1.29 is 52.2 Å². The first-order valence-corrected chi connectivity index (χ1v) is 29.8. The maximum atomic E-state index is 12.5. The maximum Gasteiger partial charge on any atom is 0.339 e. The zero-order valence-corrected chi connectivity index (χ0v) is 47.1. The fraction of sp³-hybridized carbons (Fsp3) is 0.123. The van der Waals surface area contributed by atoms with Crippen molar-refractivity contribution in [2.45, 2.75) is 67.6 Å². The highest BCUT2D eigenvalue weighted by Crippen LogP contribution is 2.26. The second kappa shape index (κ2) is 28.3. The van der Waals surface area contributed by atoms with Gasteiger partial charge in [-0.2, -0.15) is 25.3 Å². The number of nitrogens with one attached hydrogen (secondary N) is 1. The van der Waals surface area contributed by atoms with Gasteiger partial charge in [-0.05, 0) is 110 Å². The van der Waals surface area contributed by atoms with E-state index in [1.165, 1.54) is 48.5 Å². The molecule has 414 valence electrons. The molecule has 0 bridgehead atoms. The van der Waals surface area contributed by atoms with Crippen LogP contribution in [0.1, 0.15) is 44.5 Å². The standard InChI is InChI=1S/2C22H20O4S.C21H19NO4S/c1-17-11-13-21(14-12-17)27(24,25)26-22-10-6-5-9-19(22)16-20(23)15-18-7-3-2-4-8-18;1-17-7-13-22(14-8-17)27(24,25)26-21-11-9-19(10-12-21)16-20(23)15-18-5-3-2-4-6-18;1-16-10-12-20(13-11-16)27(24,25)26-19-9-5-8-18(15-19)22-21(23)14-17-6-3-2-4-7-17/h2*2-14H,15-16H2,1H3;2-13,15H,14H2,1H3,(H,22,23). The van der Waals surface area contributed by atoms with Crippen molar-refractivity contribution in [1.29, 1.82) is 0 Å². The van der Waals surface area contributed by atoms with E-state index in [9.17, 15) is 39.6 Å². The molecule has 0 heterocycles. The molecule has 9 aromatic rings. The Balaban J connectivity index is 0.000000175. The van der Waals surface area contributed by atoms with Gasteiger partial charge >= 0.3 is 30.4 Å². The summed E-state index contributed by atoms with van der Waals surface area (Å²) in [5, 5.41) is 2.75. The van der Waals surface area contributed by atoms with Crippen LogP contribution in [0.25, 0.3) is 0 Å². The number of carbonyl (C=O) groups excluding carboxylic acids is 3. The number of carbonyl (C=O) groups is 3. The molecule has 0 fully saturated rings. The Morgan fingerprint density at radius 3 is 1.17 bits per heavy atom. The summed E-state index contributed by atoms with van der Waals surface area (Å²) in [4.78, 5) is 37.0. The maximum absolute atomic E-state index is 12.5. The molecule has 0 aliphatic rings. The first-order valence-electron chi connectivity index (χ1n) is 25.5. The molecule has 1 amide bonds. The number of para-hydroxylation sites is 1. The highest BCUT2D eigenvalue weighted by Gasteiger charge is 2.21. The third-order valence-electron chi connectivity index (χ3n) is 12.0. The van der Waals surface area contributed by atoms with Gasteiger partial charge in [0.15, 0.2) is 0 Å². The monoisotopic (exact) mass is 1140 g/mol. The lowest BCUT2D eigenvalue weighted by atomic mass is 10.0. The van der Waals surface area contributed by atoms with Crippen LogP contribution in [-0.2, 0) is 76.8 Å². The molecule has 0 spiro atoms. The van der Waals surface area contributed by atoms with E-state index in [4.69, 9.17) is 12.5 Å². The molecule has 9 rings (SSSR count). The fourth-order valence-electron chi connectivity index (χ4n) is 7.85. The minimum atomic E-state index is -3.96. The van der Waals surface area contributed by atoms with Crippen molar-refractivity contribution in [2.75, 3.05) is 5.32 Å². The van der Waals surface area contributed by atoms with E-state index in [1.54, 1.807) is 97.1 Å². The molecule has 0 atom stereocenters. The number of Topliss-reactive ketones (excluding diaryl/α,β-unsaturated/α-hetero) is 2. The summed E-state index contributed by atoms with van der Waals surface area (Å²) >= 11 is 0. The van der Waals surface area contributed by atoms with Gasteiger partial charge in [0.2, 0.25) is 5.91 Å². The number of amides is 1. The van der Waals surface area contributed by atoms with Gasteiger partial charge in [0.25, 0.3) is 0 Å². The summed E-state index contributed by atoms with van der Waals surface area (Å²) in [5.41, 5.74) is 7.51. The van der Waals surface area contributed by atoms with Crippen LogP contribution in [0.5, 0.6) is 17.2 Å². The lowest BCUT2D eigenvalue weighted by Gasteiger charge is -2.11. The molecule has 0 aliphatic heterocycles. The molecule has 9 aromatic carbocycles. The smallest absolute Gasteiger partial charge is 0.339 e. The predicted molar refractivity (Wildman–Crippen MR) is 313 cm³/mol. The molecule has 0 saturated carbocycles. The van der Waals surface area contributed by atoms with Crippen LogP contribution in [0, 0.1) is 20.8 Å². The topological polar surface area (TPSA) is 193 Å². The van der Waals surface area contributed by atoms with Crippen molar-refractivity contribution >= 4 is 53.5 Å². The first kappa shape index (κ1) is 59.7. The zero-order valence-electron chi connectivity index (χ0n) is 44.7. The fourth-order valence-corrected chi connectivity index (χ4v) is 10.7. The summed E-state index contributed by atoms with van der Waals surface area (Å²) in [6, 6.07) is 67.3. The van der Waals surface area contributed by atoms with Gasteiger partial charge in [-0.25, -0.2) is 0 Å². The second-order valence-corrected chi connectivity index (χ2v) is 23.4. The van der Waals surface area contributed by atoms with Gasteiger partial charge in [0.05, 0.1) is 6.42 Å². The largest absolute Gasteiger partial charge is 0.379 e. The van der Waals surface area contributed by atoms with Crippen LogP contribution >= 0.6 is 0 Å². The molecule has 16 heteroatoms. The van der Waals surface area contributed by atoms with E-state index in [0.29, 0.717) is 30.5 Å². The Labute approximate surface area is 474 Å². The van der Waals surface area contributed by atoms with Crippen LogP contribution in [0.15, 0.2) is 251 Å². The molecule has 0 unspecified atom stereocenters. The summed E-state index contributed by atoms with van der Waals surface area (Å²) in [6.45, 7) is 5.64. The first-order chi connectivity index (χ1) is 38.8. The Morgan fingerprint density at radius 2 is 0.716 bits per heavy atom. The Morgan fingerprint density at radius 1 is 0.346 bits per heavy atom. The van der Waals surface area contributed by atoms with Crippen LogP contribution in [0.2, 0.25) is 0 Å². The molecular formula is C65H59NO12S3. The lowest BCUT2D eigenvalue weighted by molar-refractivity contribution is -0.118. The molecule has 0 radical (unpaired) electrons. The number of ketones is 2. The zero-order chi connectivity index (χ0) is 57.8. The number of hydrogen-bond acceptors (Lipinski definition) is 12. The SMILES string of the molecule is Cc1ccc(S(=O)(=O)Oc2ccc(CC(=O)Cc3ccccc3)cc2)cc1.Cc1ccc(S(=O)(=O)Oc2cccc(NC(=O)Cc3ccccc3)c2)cc1.Cc1ccc(S(=O)(=O)Oc2ccccc2CC(=O)Cc2ccccc2)cc1. The van der Waals surface area contributed by atoms with E-state index in [-0.39, 0.29) is 62.3 Å². The van der Waals surface area contributed by atoms with Gasteiger partial charge in [0, 0.05) is 43.0 Å². The molecule has 0 aromatic heterocycles. The number of rotatable bonds is 20. The summed E-state index contributed by atoms with van der Waals surface area (Å²) in [6.07, 6.45) is 1.29. The molecule has 0 aliphatic carbocycles. The van der Waals surface area contributed by atoms with Gasteiger partial charge < -0.3 is 17.9 Å². The van der Waals surface area contributed by atoms with Crippen molar-refractivity contribution in [2.24, 2.45) is 0 Å². The van der Waals surface area contributed by atoms with Crippen molar-refractivity contribution in [3.8, 4) is 17.2 Å². The third kappa shape index (κ3) is 19.1. The van der Waals surface area contributed by atoms with Crippen LogP contribution in [0.3, 0.4) is 0 Å². The summed E-state index contributed by atoms with van der Waals surface area (Å²) in [5.74, 6) is 0.425. The summed E-state index contributed by atoms with van der Waals surface area (Å²) in [7, 11) is -11.8. The van der Waals surface area contributed by atoms with Gasteiger partial charge in [0.1, 0.15) is 43.5 Å². The molecule has 0 saturated heterocycles. The van der Waals surface area contributed by atoms with E-state index in [1.807, 2.05) is 112 Å².